The molecular formula is C12H20ClN3O2S. The highest BCUT2D eigenvalue weighted by atomic mass is 35.5. The van der Waals surface area contributed by atoms with Crippen molar-refractivity contribution in [2.45, 2.75) is 43.5 Å². The lowest BCUT2D eigenvalue weighted by molar-refractivity contribution is 0.271. The molecule has 0 amide bonds. The molecule has 2 rings (SSSR count). The lowest BCUT2D eigenvalue weighted by atomic mass is 9.95. The van der Waals surface area contributed by atoms with Crippen LogP contribution >= 0.6 is 11.6 Å². The fourth-order valence-corrected chi connectivity index (χ4v) is 4.02. The molecule has 7 heteroatoms. The summed E-state index contributed by atoms with van der Waals surface area (Å²) in [6.07, 6.45) is 3.74. The number of piperidine rings is 1. The van der Waals surface area contributed by atoms with Crippen LogP contribution in [0.15, 0.2) is 11.2 Å². The van der Waals surface area contributed by atoms with Gasteiger partial charge in [-0.1, -0.05) is 6.92 Å². The minimum atomic E-state index is -3.43. The van der Waals surface area contributed by atoms with Crippen LogP contribution < -0.4 is 0 Å². The zero-order valence-corrected chi connectivity index (χ0v) is 12.8. The number of aryl methyl sites for hydroxylation is 1. The molecule has 1 N–H and O–H groups in total. The fourth-order valence-electron chi connectivity index (χ4n) is 2.37. The smallest absolute Gasteiger partial charge is 0.260 e. The van der Waals surface area contributed by atoms with Crippen LogP contribution in [0.5, 0.6) is 0 Å². The van der Waals surface area contributed by atoms with Gasteiger partial charge in [0.2, 0.25) is 0 Å². The Morgan fingerprint density at radius 2 is 2.16 bits per heavy atom. The van der Waals surface area contributed by atoms with Gasteiger partial charge in [0.15, 0.2) is 5.03 Å². The molecule has 2 heterocycles. The van der Waals surface area contributed by atoms with E-state index in [2.05, 4.69) is 9.97 Å². The van der Waals surface area contributed by atoms with E-state index in [-0.39, 0.29) is 10.4 Å². The number of sulfonamides is 1. The monoisotopic (exact) mass is 305 g/mol. The van der Waals surface area contributed by atoms with Crippen molar-refractivity contribution in [2.24, 2.45) is 5.92 Å². The van der Waals surface area contributed by atoms with E-state index in [0.29, 0.717) is 31.3 Å². The number of nitrogens with one attached hydrogen (secondary N) is 1. The minimum absolute atomic E-state index is 0.101. The van der Waals surface area contributed by atoms with Gasteiger partial charge in [0.05, 0.1) is 6.20 Å². The number of aromatic amines is 1. The molecule has 0 aliphatic carbocycles. The Morgan fingerprint density at radius 3 is 2.63 bits per heavy atom. The Balaban J connectivity index is 2.09. The third kappa shape index (κ3) is 3.12. The van der Waals surface area contributed by atoms with E-state index < -0.39 is 10.0 Å². The highest BCUT2D eigenvalue weighted by molar-refractivity contribution is 7.89. The molecule has 19 heavy (non-hydrogen) atoms. The van der Waals surface area contributed by atoms with Crippen molar-refractivity contribution in [3.63, 3.8) is 0 Å². The van der Waals surface area contributed by atoms with Crippen molar-refractivity contribution in [2.75, 3.05) is 13.1 Å². The first-order chi connectivity index (χ1) is 8.95. The minimum Gasteiger partial charge on any atom is -0.332 e. The van der Waals surface area contributed by atoms with Crippen LogP contribution in [0.3, 0.4) is 0 Å². The molecule has 0 aromatic carbocycles. The topological polar surface area (TPSA) is 66.1 Å². The maximum Gasteiger partial charge on any atom is 0.260 e. The predicted molar refractivity (Wildman–Crippen MR) is 74.8 cm³/mol. The third-order valence-electron chi connectivity index (χ3n) is 3.71. The van der Waals surface area contributed by atoms with Crippen LogP contribution in [0.4, 0.5) is 0 Å². The summed E-state index contributed by atoms with van der Waals surface area (Å²) in [5.41, 5.74) is 0. The van der Waals surface area contributed by atoms with Gasteiger partial charge in [0.25, 0.3) is 10.0 Å². The molecule has 5 nitrogen and oxygen atoms in total. The summed E-state index contributed by atoms with van der Waals surface area (Å²) in [4.78, 5) is 6.92. The largest absolute Gasteiger partial charge is 0.332 e. The lowest BCUT2D eigenvalue weighted by Crippen LogP contribution is -2.40. The Kier molecular flexibility index (Phi) is 4.53. The zero-order valence-electron chi connectivity index (χ0n) is 11.3. The summed E-state index contributed by atoms with van der Waals surface area (Å²) in [5.74, 6) is 1.10. The first kappa shape index (κ1) is 14.8. The molecule has 0 radical (unpaired) electrons. The van der Waals surface area contributed by atoms with E-state index >= 15 is 0 Å². The molecule has 1 atom stereocenters. The van der Waals surface area contributed by atoms with Gasteiger partial charge in [-0.25, -0.2) is 13.4 Å². The number of halogens is 1. The number of rotatable bonds is 4. The quantitative estimate of drug-likeness (QED) is 0.865. The zero-order chi connectivity index (χ0) is 14.0. The summed E-state index contributed by atoms with van der Waals surface area (Å²) in [5, 5.41) is 0.297. The van der Waals surface area contributed by atoms with Crippen LogP contribution in [0.1, 0.15) is 32.5 Å². The van der Waals surface area contributed by atoms with Gasteiger partial charge in [0.1, 0.15) is 5.82 Å². The van der Waals surface area contributed by atoms with Crippen molar-refractivity contribution in [3.05, 3.63) is 12.0 Å². The van der Waals surface area contributed by atoms with Gasteiger partial charge in [-0.05, 0) is 25.7 Å². The van der Waals surface area contributed by atoms with Gasteiger partial charge in [-0.2, -0.15) is 4.31 Å². The van der Waals surface area contributed by atoms with E-state index in [0.717, 1.165) is 12.8 Å². The van der Waals surface area contributed by atoms with Gasteiger partial charge in [-0.15, -0.1) is 11.6 Å². The molecule has 1 aliphatic heterocycles. The fraction of sp³-hybridized carbons (Fsp3) is 0.750. The molecule has 1 aliphatic rings. The number of H-pyrrole nitrogens is 1. The summed E-state index contributed by atoms with van der Waals surface area (Å²) in [6, 6.07) is 0. The SMILES string of the molecule is CCc1ncc(S(=O)(=O)N2CCC(C(C)Cl)CC2)[nH]1. The molecule has 1 saturated heterocycles. The van der Waals surface area contributed by atoms with Crippen molar-refractivity contribution in [3.8, 4) is 0 Å². The van der Waals surface area contributed by atoms with Crippen LogP contribution in [0.2, 0.25) is 0 Å². The average molecular weight is 306 g/mol. The predicted octanol–water partition coefficient (Wildman–Crippen LogP) is 2.00. The molecule has 1 fully saturated rings. The normalized spacial score (nSPS) is 20.6. The second-order valence-electron chi connectivity index (χ2n) is 4.97. The Bertz CT molecular complexity index is 519. The average Bonchev–Trinajstić information content (AvgIpc) is 2.88. The highest BCUT2D eigenvalue weighted by Gasteiger charge is 2.31. The molecule has 0 bridgehead atoms. The third-order valence-corrected chi connectivity index (χ3v) is 5.87. The first-order valence-corrected chi connectivity index (χ1v) is 8.51. The van der Waals surface area contributed by atoms with Crippen LogP contribution in [0.25, 0.3) is 0 Å². The van der Waals surface area contributed by atoms with Crippen molar-refractivity contribution in [1.29, 1.82) is 0 Å². The van der Waals surface area contributed by atoms with Crippen molar-refractivity contribution >= 4 is 21.6 Å². The Hall–Kier alpha value is -0.590. The standard InChI is InChI=1S/C12H20ClN3O2S/c1-3-11-14-8-12(15-11)19(17,18)16-6-4-10(5-7-16)9(2)13/h8-10H,3-7H2,1-2H3,(H,14,15). The van der Waals surface area contributed by atoms with Gasteiger partial charge < -0.3 is 4.98 Å². The number of imidazole rings is 1. The lowest BCUT2D eigenvalue weighted by Gasteiger charge is -2.31. The van der Waals surface area contributed by atoms with Crippen molar-refractivity contribution in [1.82, 2.24) is 14.3 Å². The number of nitrogens with zero attached hydrogens (tertiary/aromatic N) is 2. The number of hydrogen-bond donors (Lipinski definition) is 1. The molecular weight excluding hydrogens is 286 g/mol. The molecule has 0 spiro atoms. The van der Waals surface area contributed by atoms with E-state index in [1.807, 2.05) is 13.8 Å². The molecule has 1 aromatic rings. The van der Waals surface area contributed by atoms with Gasteiger partial charge >= 0.3 is 0 Å². The summed E-state index contributed by atoms with van der Waals surface area (Å²) in [7, 11) is -3.43. The second kappa shape index (κ2) is 5.81. The maximum absolute atomic E-state index is 12.4. The van der Waals surface area contributed by atoms with Gasteiger partial charge in [-0.3, -0.25) is 0 Å². The van der Waals surface area contributed by atoms with Crippen LogP contribution in [-0.4, -0.2) is 41.2 Å². The summed E-state index contributed by atoms with van der Waals surface area (Å²) in [6.45, 7) is 4.97. The van der Waals surface area contributed by atoms with Gasteiger partial charge in [0, 0.05) is 24.9 Å². The molecule has 1 aromatic heterocycles. The Labute approximate surface area is 119 Å². The number of hydrogen-bond acceptors (Lipinski definition) is 3. The van der Waals surface area contributed by atoms with E-state index in [4.69, 9.17) is 11.6 Å². The van der Waals surface area contributed by atoms with E-state index in [9.17, 15) is 8.42 Å². The molecule has 1 unspecified atom stereocenters. The molecule has 108 valence electrons. The Morgan fingerprint density at radius 1 is 1.53 bits per heavy atom. The summed E-state index contributed by atoms with van der Waals surface area (Å²) >= 11 is 6.07. The van der Waals surface area contributed by atoms with Crippen LogP contribution in [0, 0.1) is 5.92 Å². The number of aromatic nitrogens is 2. The summed E-state index contributed by atoms with van der Waals surface area (Å²) < 4.78 is 26.4. The van der Waals surface area contributed by atoms with E-state index in [1.165, 1.54) is 10.5 Å². The number of alkyl halides is 1. The first-order valence-electron chi connectivity index (χ1n) is 6.63. The highest BCUT2D eigenvalue weighted by Crippen LogP contribution is 2.27. The van der Waals surface area contributed by atoms with Crippen molar-refractivity contribution < 1.29 is 8.42 Å². The molecule has 0 saturated carbocycles. The maximum atomic E-state index is 12.4. The van der Waals surface area contributed by atoms with E-state index in [1.54, 1.807) is 0 Å². The van der Waals surface area contributed by atoms with Crippen LogP contribution in [-0.2, 0) is 16.4 Å². The second-order valence-corrected chi connectivity index (χ2v) is 7.56.